The number of hydrogen-bond donors (Lipinski definition) is 1. The van der Waals surface area contributed by atoms with Gasteiger partial charge in [0.2, 0.25) is 0 Å². The van der Waals surface area contributed by atoms with Crippen LogP contribution in [0.2, 0.25) is 0 Å². The maximum atomic E-state index is 12.9. The molecule has 0 spiro atoms. The van der Waals surface area contributed by atoms with Gasteiger partial charge in [-0.1, -0.05) is 19.3 Å². The van der Waals surface area contributed by atoms with Gasteiger partial charge in [0.15, 0.2) is 0 Å². The van der Waals surface area contributed by atoms with E-state index in [1.807, 2.05) is 0 Å². The maximum Gasteiger partial charge on any atom is 0.280 e. The number of rotatable bonds is 4. The van der Waals surface area contributed by atoms with Crippen LogP contribution in [0.5, 0.6) is 0 Å². The Labute approximate surface area is 111 Å². The van der Waals surface area contributed by atoms with Crippen LogP contribution in [0.3, 0.4) is 0 Å². The quantitative estimate of drug-likeness (QED) is 0.894. The summed E-state index contributed by atoms with van der Waals surface area (Å²) in [6, 6.07) is 1.78. The largest absolute Gasteiger partial charge is 0.367 e. The number of aromatic nitrogens is 2. The van der Waals surface area contributed by atoms with Crippen LogP contribution in [0.15, 0.2) is 6.07 Å². The van der Waals surface area contributed by atoms with Crippen LogP contribution >= 0.6 is 0 Å². The molecular weight excluding hydrogens is 248 g/mol. The van der Waals surface area contributed by atoms with Crippen molar-refractivity contribution in [2.45, 2.75) is 63.3 Å². The molecule has 1 N–H and O–H groups in total. The lowest BCUT2D eigenvalue weighted by atomic mass is 9.95. The van der Waals surface area contributed by atoms with E-state index in [2.05, 4.69) is 15.3 Å². The molecule has 19 heavy (non-hydrogen) atoms. The molecule has 1 aromatic rings. The molecule has 0 amide bonds. The van der Waals surface area contributed by atoms with Crippen LogP contribution in [0.1, 0.15) is 68.8 Å². The molecule has 0 saturated heterocycles. The highest BCUT2D eigenvalue weighted by atomic mass is 19.3. The Morgan fingerprint density at radius 1 is 1.05 bits per heavy atom. The zero-order chi connectivity index (χ0) is 13.2. The molecule has 1 heterocycles. The van der Waals surface area contributed by atoms with Crippen molar-refractivity contribution in [2.24, 2.45) is 0 Å². The minimum atomic E-state index is -2.52. The predicted molar refractivity (Wildman–Crippen MR) is 69.5 cm³/mol. The first-order chi connectivity index (χ1) is 9.22. The molecule has 0 radical (unpaired) electrons. The topological polar surface area (TPSA) is 37.8 Å². The average molecular weight is 267 g/mol. The molecule has 0 unspecified atom stereocenters. The lowest BCUT2D eigenvalue weighted by Crippen LogP contribution is -2.23. The third kappa shape index (κ3) is 3.19. The van der Waals surface area contributed by atoms with Gasteiger partial charge in [-0.3, -0.25) is 0 Å². The predicted octanol–water partition coefficient (Wildman–Crippen LogP) is 4.04. The van der Waals surface area contributed by atoms with Crippen LogP contribution in [0.4, 0.5) is 14.6 Å². The Morgan fingerprint density at radius 3 is 2.42 bits per heavy atom. The third-order valence-electron chi connectivity index (χ3n) is 3.89. The van der Waals surface area contributed by atoms with E-state index in [1.165, 1.54) is 25.3 Å². The molecule has 104 valence electrons. The van der Waals surface area contributed by atoms with Gasteiger partial charge in [0.25, 0.3) is 6.43 Å². The monoisotopic (exact) mass is 267 g/mol. The van der Waals surface area contributed by atoms with Crippen molar-refractivity contribution in [3.63, 3.8) is 0 Å². The van der Waals surface area contributed by atoms with E-state index in [4.69, 9.17) is 0 Å². The Morgan fingerprint density at radius 2 is 1.79 bits per heavy atom. The van der Waals surface area contributed by atoms with Crippen LogP contribution in [-0.2, 0) is 0 Å². The molecule has 0 aliphatic heterocycles. The van der Waals surface area contributed by atoms with E-state index in [0.717, 1.165) is 25.7 Å². The zero-order valence-corrected chi connectivity index (χ0v) is 10.9. The Bertz CT molecular complexity index is 420. The molecule has 2 saturated carbocycles. The number of anilines is 1. The van der Waals surface area contributed by atoms with Crippen LogP contribution in [0.25, 0.3) is 0 Å². The van der Waals surface area contributed by atoms with Crippen molar-refractivity contribution in [1.82, 2.24) is 9.97 Å². The van der Waals surface area contributed by atoms with Crippen molar-refractivity contribution in [3.05, 3.63) is 17.6 Å². The number of nitrogens with one attached hydrogen (secondary N) is 1. The first-order valence-corrected chi connectivity index (χ1v) is 7.16. The number of hydrogen-bond acceptors (Lipinski definition) is 3. The van der Waals surface area contributed by atoms with Gasteiger partial charge >= 0.3 is 0 Å². The van der Waals surface area contributed by atoms with Gasteiger partial charge in [0.1, 0.15) is 17.3 Å². The fourth-order valence-electron chi connectivity index (χ4n) is 2.65. The SMILES string of the molecule is FC(F)c1cc(NC2CCCCC2)nc(C2CC2)n1. The van der Waals surface area contributed by atoms with E-state index in [-0.39, 0.29) is 5.69 Å². The van der Waals surface area contributed by atoms with Crippen molar-refractivity contribution < 1.29 is 8.78 Å². The van der Waals surface area contributed by atoms with E-state index >= 15 is 0 Å². The molecule has 2 aliphatic carbocycles. The second kappa shape index (κ2) is 5.39. The Balaban J connectivity index is 1.78. The minimum Gasteiger partial charge on any atom is -0.367 e. The highest BCUT2D eigenvalue weighted by Crippen LogP contribution is 2.39. The van der Waals surface area contributed by atoms with Crippen molar-refractivity contribution in [2.75, 3.05) is 5.32 Å². The lowest BCUT2D eigenvalue weighted by Gasteiger charge is -2.23. The summed E-state index contributed by atoms with van der Waals surface area (Å²) in [4.78, 5) is 8.40. The van der Waals surface area contributed by atoms with Gasteiger partial charge in [-0.15, -0.1) is 0 Å². The number of halogens is 2. The molecule has 2 aliphatic rings. The molecule has 0 atom stereocenters. The highest BCUT2D eigenvalue weighted by molar-refractivity contribution is 5.38. The highest BCUT2D eigenvalue weighted by Gasteiger charge is 2.28. The summed E-state index contributed by atoms with van der Waals surface area (Å²) in [5.41, 5.74) is -0.143. The summed E-state index contributed by atoms with van der Waals surface area (Å²) in [5, 5.41) is 3.31. The molecule has 3 nitrogen and oxygen atoms in total. The standard InChI is InChI=1S/C14H19F2N3/c15-13(16)11-8-12(17-10-4-2-1-3-5-10)19-14(18-11)9-6-7-9/h8-10,13H,1-7H2,(H,17,18,19). The molecule has 5 heteroatoms. The van der Waals surface area contributed by atoms with Crippen molar-refractivity contribution >= 4 is 5.82 Å². The van der Waals surface area contributed by atoms with E-state index < -0.39 is 6.43 Å². The smallest absolute Gasteiger partial charge is 0.280 e. The molecule has 0 bridgehead atoms. The fraction of sp³-hybridized carbons (Fsp3) is 0.714. The van der Waals surface area contributed by atoms with Gasteiger partial charge in [-0.25, -0.2) is 18.7 Å². The summed E-state index contributed by atoms with van der Waals surface area (Å²) < 4.78 is 25.7. The second-order valence-electron chi connectivity index (χ2n) is 5.59. The summed E-state index contributed by atoms with van der Waals surface area (Å²) in [5.74, 6) is 1.47. The van der Waals surface area contributed by atoms with E-state index in [9.17, 15) is 8.78 Å². The Hall–Kier alpha value is -1.26. The summed E-state index contributed by atoms with van der Waals surface area (Å²) in [6.07, 6.45) is 5.43. The van der Waals surface area contributed by atoms with E-state index in [0.29, 0.717) is 23.6 Å². The molecular formula is C14H19F2N3. The second-order valence-corrected chi connectivity index (χ2v) is 5.59. The van der Waals surface area contributed by atoms with Crippen LogP contribution in [-0.4, -0.2) is 16.0 Å². The number of nitrogens with zero attached hydrogens (tertiary/aromatic N) is 2. The van der Waals surface area contributed by atoms with Crippen LogP contribution in [0, 0.1) is 0 Å². The van der Waals surface area contributed by atoms with Crippen molar-refractivity contribution in [1.29, 1.82) is 0 Å². The maximum absolute atomic E-state index is 12.9. The molecule has 1 aromatic heterocycles. The van der Waals surface area contributed by atoms with Gasteiger partial charge < -0.3 is 5.32 Å². The van der Waals surface area contributed by atoms with Gasteiger partial charge in [-0.05, 0) is 25.7 Å². The minimum absolute atomic E-state index is 0.143. The first-order valence-electron chi connectivity index (χ1n) is 7.16. The van der Waals surface area contributed by atoms with Gasteiger partial charge in [-0.2, -0.15) is 0 Å². The molecule has 3 rings (SSSR count). The molecule has 2 fully saturated rings. The fourth-order valence-corrected chi connectivity index (χ4v) is 2.65. The summed E-state index contributed by atoms with van der Waals surface area (Å²) >= 11 is 0. The normalized spacial score (nSPS) is 20.8. The van der Waals surface area contributed by atoms with Crippen LogP contribution < -0.4 is 5.32 Å². The lowest BCUT2D eigenvalue weighted by molar-refractivity contribution is 0.145. The third-order valence-corrected chi connectivity index (χ3v) is 3.89. The number of alkyl halides is 2. The average Bonchev–Trinajstić information content (AvgIpc) is 3.24. The van der Waals surface area contributed by atoms with Gasteiger partial charge in [0, 0.05) is 18.0 Å². The summed E-state index contributed by atoms with van der Waals surface area (Å²) in [6.45, 7) is 0. The van der Waals surface area contributed by atoms with E-state index in [1.54, 1.807) is 0 Å². The van der Waals surface area contributed by atoms with Gasteiger partial charge in [0.05, 0.1) is 0 Å². The Kier molecular flexibility index (Phi) is 3.62. The van der Waals surface area contributed by atoms with Crippen molar-refractivity contribution in [3.8, 4) is 0 Å². The first kappa shape index (κ1) is 12.8. The molecule has 0 aromatic carbocycles. The zero-order valence-electron chi connectivity index (χ0n) is 10.9. The summed E-state index contributed by atoms with van der Waals surface area (Å²) in [7, 11) is 0.